The third kappa shape index (κ3) is 5.72. The number of carbonyl (C=O) groups excluding carboxylic acids is 1. The van der Waals surface area contributed by atoms with E-state index in [2.05, 4.69) is 16.7 Å². The van der Waals surface area contributed by atoms with E-state index in [-0.39, 0.29) is 12.6 Å². The summed E-state index contributed by atoms with van der Waals surface area (Å²) in [6.07, 6.45) is 0.866. The number of rotatable bonds is 10. The largest absolute Gasteiger partial charge is 0.497 e. The molecule has 0 aliphatic rings. The van der Waals surface area contributed by atoms with Crippen LogP contribution in [0.5, 0.6) is 11.5 Å². The normalized spacial score (nSPS) is 10.7. The molecule has 4 aromatic rings. The van der Waals surface area contributed by atoms with Gasteiger partial charge < -0.3 is 18.8 Å². The Hall–Kier alpha value is -4.06. The molecule has 35 heavy (non-hydrogen) atoms. The molecule has 180 valence electrons. The van der Waals surface area contributed by atoms with Gasteiger partial charge in [0, 0.05) is 30.5 Å². The van der Waals surface area contributed by atoms with Gasteiger partial charge in [0.1, 0.15) is 17.3 Å². The molecule has 0 amide bonds. The lowest BCUT2D eigenvalue weighted by Gasteiger charge is -2.14. The van der Waals surface area contributed by atoms with Gasteiger partial charge in [-0.05, 0) is 54.1 Å². The van der Waals surface area contributed by atoms with Gasteiger partial charge in [-0.1, -0.05) is 37.3 Å². The number of methoxy groups -OCH3 is 2. The van der Waals surface area contributed by atoms with Gasteiger partial charge in [-0.25, -0.2) is 4.98 Å². The second-order valence-electron chi connectivity index (χ2n) is 8.08. The first-order chi connectivity index (χ1) is 17.1. The lowest BCUT2D eigenvalue weighted by atomic mass is 10.0. The van der Waals surface area contributed by atoms with E-state index in [1.165, 1.54) is 0 Å². The Morgan fingerprint density at radius 1 is 0.829 bits per heavy atom. The fourth-order valence-corrected chi connectivity index (χ4v) is 3.98. The summed E-state index contributed by atoms with van der Waals surface area (Å²) in [5.74, 6) is 2.22. The highest BCUT2D eigenvalue weighted by molar-refractivity contribution is 5.79. The molecule has 0 saturated heterocycles. The van der Waals surface area contributed by atoms with Crippen LogP contribution in [0.2, 0.25) is 0 Å². The van der Waals surface area contributed by atoms with Gasteiger partial charge in [0.25, 0.3) is 0 Å². The van der Waals surface area contributed by atoms with Crippen LogP contribution in [-0.2, 0) is 22.5 Å². The number of hydrogen-bond donors (Lipinski definition) is 0. The number of nitrogens with zero attached hydrogens (tertiary/aromatic N) is 2. The van der Waals surface area contributed by atoms with Crippen molar-refractivity contribution in [1.29, 1.82) is 0 Å². The van der Waals surface area contributed by atoms with Crippen LogP contribution in [0.25, 0.3) is 22.5 Å². The fourth-order valence-electron chi connectivity index (χ4n) is 3.98. The zero-order valence-corrected chi connectivity index (χ0v) is 20.4. The zero-order chi connectivity index (χ0) is 24.6. The van der Waals surface area contributed by atoms with Crippen molar-refractivity contribution < 1.29 is 19.0 Å². The molecule has 6 nitrogen and oxygen atoms in total. The molecule has 0 saturated carbocycles. The Kier molecular flexibility index (Phi) is 7.83. The van der Waals surface area contributed by atoms with E-state index in [0.717, 1.165) is 45.4 Å². The molecule has 3 aromatic carbocycles. The van der Waals surface area contributed by atoms with Gasteiger partial charge in [-0.3, -0.25) is 4.79 Å². The molecule has 0 aliphatic carbocycles. The van der Waals surface area contributed by atoms with Gasteiger partial charge in [0.2, 0.25) is 0 Å². The number of benzene rings is 3. The van der Waals surface area contributed by atoms with Crippen molar-refractivity contribution >= 4 is 5.97 Å². The highest BCUT2D eigenvalue weighted by atomic mass is 16.5. The molecule has 0 radical (unpaired) electrons. The highest BCUT2D eigenvalue weighted by Crippen LogP contribution is 2.35. The first-order valence-electron chi connectivity index (χ1n) is 11.7. The summed E-state index contributed by atoms with van der Waals surface area (Å²) in [6.45, 7) is 2.72. The second kappa shape index (κ2) is 11.4. The lowest BCUT2D eigenvalue weighted by Crippen LogP contribution is -2.12. The maximum atomic E-state index is 11.7. The Balaban J connectivity index is 1.85. The topological polar surface area (TPSA) is 62.6 Å². The molecule has 0 atom stereocenters. The predicted molar refractivity (Wildman–Crippen MR) is 137 cm³/mol. The quantitative estimate of drug-likeness (QED) is 0.275. The molecule has 6 heteroatoms. The van der Waals surface area contributed by atoms with Gasteiger partial charge in [0.05, 0.1) is 32.2 Å². The van der Waals surface area contributed by atoms with E-state index in [9.17, 15) is 4.79 Å². The molecule has 0 bridgehead atoms. The summed E-state index contributed by atoms with van der Waals surface area (Å²) in [6, 6.07) is 26.2. The third-order valence-corrected chi connectivity index (χ3v) is 5.83. The standard InChI is InChI=1S/C29H30N2O4/c1-4-27(32)35-19-18-26-30-28(22-10-14-24(33-2)15-11-22)29(23-12-16-25(34-3)17-13-23)31(26)20-21-8-6-5-7-9-21/h5-17H,4,18-20H2,1-3H3. The maximum absolute atomic E-state index is 11.7. The van der Waals surface area contributed by atoms with Crippen molar-refractivity contribution in [2.24, 2.45) is 0 Å². The number of aromatic nitrogens is 2. The Labute approximate surface area is 206 Å². The van der Waals surface area contributed by atoms with Crippen molar-refractivity contribution in [3.8, 4) is 34.0 Å². The maximum Gasteiger partial charge on any atom is 0.305 e. The molecule has 0 aliphatic heterocycles. The van der Waals surface area contributed by atoms with E-state index >= 15 is 0 Å². The number of carbonyl (C=O) groups is 1. The number of imidazole rings is 1. The molecule has 0 N–H and O–H groups in total. The van der Waals surface area contributed by atoms with Gasteiger partial charge >= 0.3 is 5.97 Å². The monoisotopic (exact) mass is 470 g/mol. The van der Waals surface area contributed by atoms with Gasteiger partial charge in [0.15, 0.2) is 0 Å². The number of hydrogen-bond acceptors (Lipinski definition) is 5. The lowest BCUT2D eigenvalue weighted by molar-refractivity contribution is -0.143. The summed E-state index contributed by atoms with van der Waals surface area (Å²) in [5, 5.41) is 0. The molecular weight excluding hydrogens is 440 g/mol. The van der Waals surface area contributed by atoms with Crippen molar-refractivity contribution in [1.82, 2.24) is 9.55 Å². The second-order valence-corrected chi connectivity index (χ2v) is 8.08. The number of esters is 1. The molecule has 1 aromatic heterocycles. The van der Waals surface area contributed by atoms with E-state index in [0.29, 0.717) is 19.4 Å². The Morgan fingerprint density at radius 2 is 1.43 bits per heavy atom. The van der Waals surface area contributed by atoms with Crippen LogP contribution < -0.4 is 9.47 Å². The molecule has 0 unspecified atom stereocenters. The minimum absolute atomic E-state index is 0.211. The Bertz CT molecular complexity index is 1250. The first-order valence-corrected chi connectivity index (χ1v) is 11.7. The highest BCUT2D eigenvalue weighted by Gasteiger charge is 2.21. The molecule has 1 heterocycles. The van der Waals surface area contributed by atoms with E-state index in [4.69, 9.17) is 19.2 Å². The number of ether oxygens (including phenoxy) is 3. The average molecular weight is 471 g/mol. The van der Waals surface area contributed by atoms with Crippen LogP contribution >= 0.6 is 0 Å². The van der Waals surface area contributed by atoms with Crippen molar-refractivity contribution in [3.63, 3.8) is 0 Å². The third-order valence-electron chi connectivity index (χ3n) is 5.83. The first kappa shape index (κ1) is 24.1. The van der Waals surface area contributed by atoms with E-state index < -0.39 is 0 Å². The van der Waals surface area contributed by atoms with Crippen LogP contribution in [0.3, 0.4) is 0 Å². The smallest absolute Gasteiger partial charge is 0.305 e. The van der Waals surface area contributed by atoms with Crippen LogP contribution in [0.1, 0.15) is 24.7 Å². The van der Waals surface area contributed by atoms with Crippen LogP contribution in [-0.4, -0.2) is 36.3 Å². The van der Waals surface area contributed by atoms with Crippen LogP contribution in [0.15, 0.2) is 78.9 Å². The zero-order valence-electron chi connectivity index (χ0n) is 20.4. The summed E-state index contributed by atoms with van der Waals surface area (Å²) in [7, 11) is 3.31. The minimum atomic E-state index is -0.211. The Morgan fingerprint density at radius 3 is 2.00 bits per heavy atom. The molecule has 0 spiro atoms. The average Bonchev–Trinajstić information content (AvgIpc) is 3.26. The van der Waals surface area contributed by atoms with Crippen molar-refractivity contribution in [2.45, 2.75) is 26.3 Å². The summed E-state index contributed by atoms with van der Waals surface area (Å²) in [5.41, 5.74) is 5.03. The SMILES string of the molecule is CCC(=O)OCCc1nc(-c2ccc(OC)cc2)c(-c2ccc(OC)cc2)n1Cc1ccccc1. The van der Waals surface area contributed by atoms with Gasteiger partial charge in [-0.15, -0.1) is 0 Å². The molecule has 4 rings (SSSR count). The summed E-state index contributed by atoms with van der Waals surface area (Å²) in [4.78, 5) is 16.8. The molecule has 0 fully saturated rings. The summed E-state index contributed by atoms with van der Waals surface area (Å²) < 4.78 is 18.3. The van der Waals surface area contributed by atoms with Crippen molar-refractivity contribution in [3.05, 3.63) is 90.3 Å². The summed E-state index contributed by atoms with van der Waals surface area (Å²) >= 11 is 0. The van der Waals surface area contributed by atoms with Gasteiger partial charge in [-0.2, -0.15) is 0 Å². The minimum Gasteiger partial charge on any atom is -0.497 e. The van der Waals surface area contributed by atoms with E-state index in [1.807, 2.05) is 66.7 Å². The molecular formula is C29H30N2O4. The van der Waals surface area contributed by atoms with Crippen molar-refractivity contribution in [2.75, 3.05) is 20.8 Å². The van der Waals surface area contributed by atoms with Crippen LogP contribution in [0, 0.1) is 0 Å². The fraction of sp³-hybridized carbons (Fsp3) is 0.241. The van der Waals surface area contributed by atoms with Crippen LogP contribution in [0.4, 0.5) is 0 Å². The van der Waals surface area contributed by atoms with E-state index in [1.54, 1.807) is 21.1 Å². The predicted octanol–water partition coefficient (Wildman–Crippen LogP) is 5.78.